The lowest BCUT2D eigenvalue weighted by molar-refractivity contribution is -0.135. The van der Waals surface area contributed by atoms with Gasteiger partial charge in [0.05, 0.1) is 0 Å². The van der Waals surface area contributed by atoms with Gasteiger partial charge < -0.3 is 15.5 Å². The normalized spacial score (nSPS) is 25.0. The van der Waals surface area contributed by atoms with E-state index in [2.05, 4.69) is 15.6 Å². The number of carbonyl (C=O) groups excluding carboxylic acids is 2. The molecule has 0 bridgehead atoms. The summed E-state index contributed by atoms with van der Waals surface area (Å²) in [6, 6.07) is 4.56. The topological polar surface area (TPSA) is 74.3 Å². The molecule has 0 unspecified atom stereocenters. The molecule has 1 aromatic rings. The van der Waals surface area contributed by atoms with E-state index < -0.39 is 0 Å². The van der Waals surface area contributed by atoms with Crippen LogP contribution >= 0.6 is 0 Å². The maximum absolute atomic E-state index is 12.5. The predicted molar refractivity (Wildman–Crippen MR) is 95.6 cm³/mol. The van der Waals surface area contributed by atoms with Gasteiger partial charge in [0.2, 0.25) is 11.8 Å². The molecule has 2 heterocycles. The first kappa shape index (κ1) is 17.9. The largest absolute Gasteiger partial charge is 0.353 e. The molecular weight excluding hydrogens is 316 g/mol. The average Bonchev–Trinajstić information content (AvgIpc) is 3.41. The Morgan fingerprint density at radius 1 is 1.28 bits per heavy atom. The smallest absolute Gasteiger partial charge is 0.223 e. The molecule has 1 aliphatic carbocycles. The molecule has 2 fully saturated rings. The summed E-state index contributed by atoms with van der Waals surface area (Å²) in [5.74, 6) is -0.0651. The lowest BCUT2D eigenvalue weighted by Crippen LogP contribution is -2.42. The number of pyridine rings is 1. The van der Waals surface area contributed by atoms with E-state index in [1.807, 2.05) is 25.4 Å². The van der Waals surface area contributed by atoms with Gasteiger partial charge in [0, 0.05) is 57.0 Å². The molecule has 2 amide bonds. The van der Waals surface area contributed by atoms with E-state index in [0.717, 1.165) is 44.2 Å². The van der Waals surface area contributed by atoms with Gasteiger partial charge in [0.1, 0.15) is 0 Å². The van der Waals surface area contributed by atoms with Gasteiger partial charge in [0.25, 0.3) is 0 Å². The van der Waals surface area contributed by atoms with Crippen LogP contribution in [0.1, 0.15) is 44.1 Å². The standard InChI is InChI=1S/C19H28N4O2/c1-23-13-17(21-12-14-4-3-9-20-11-14)6-2-5-15(10-18(23)24)19(25)22-16-7-8-16/h3-4,9,11,15-17,21H,2,5-8,10,12-13H2,1H3,(H,22,25)/t15-,17-/m1/s1. The minimum Gasteiger partial charge on any atom is -0.353 e. The van der Waals surface area contributed by atoms with Crippen molar-refractivity contribution >= 4 is 11.8 Å². The lowest BCUT2D eigenvalue weighted by Gasteiger charge is -2.24. The zero-order chi connectivity index (χ0) is 17.6. The van der Waals surface area contributed by atoms with Crippen LogP contribution in [0.25, 0.3) is 0 Å². The Labute approximate surface area is 149 Å². The number of rotatable bonds is 5. The number of carbonyl (C=O) groups is 2. The molecular formula is C19H28N4O2. The fraction of sp³-hybridized carbons (Fsp3) is 0.632. The molecule has 1 saturated heterocycles. The highest BCUT2D eigenvalue weighted by atomic mass is 16.2. The first-order valence-electron chi connectivity index (χ1n) is 9.28. The van der Waals surface area contributed by atoms with Crippen LogP contribution in [0.3, 0.4) is 0 Å². The molecule has 0 radical (unpaired) electrons. The highest BCUT2D eigenvalue weighted by molar-refractivity contribution is 5.86. The van der Waals surface area contributed by atoms with Crippen molar-refractivity contribution in [3.8, 4) is 0 Å². The van der Waals surface area contributed by atoms with E-state index in [9.17, 15) is 9.59 Å². The Morgan fingerprint density at radius 3 is 2.84 bits per heavy atom. The second-order valence-electron chi connectivity index (χ2n) is 7.33. The Balaban J connectivity index is 1.55. The van der Waals surface area contributed by atoms with Crippen LogP contribution in [0.5, 0.6) is 0 Å². The van der Waals surface area contributed by atoms with Gasteiger partial charge >= 0.3 is 0 Å². The van der Waals surface area contributed by atoms with Crippen molar-refractivity contribution < 1.29 is 9.59 Å². The molecule has 2 N–H and O–H groups in total. The van der Waals surface area contributed by atoms with Crippen molar-refractivity contribution in [3.05, 3.63) is 30.1 Å². The third-order valence-electron chi connectivity index (χ3n) is 5.06. The molecule has 6 heteroatoms. The number of nitrogens with zero attached hydrogens (tertiary/aromatic N) is 2. The number of likely N-dealkylation sites (N-methyl/N-ethyl adjacent to an activating group) is 1. The van der Waals surface area contributed by atoms with Crippen LogP contribution in [-0.4, -0.2) is 47.4 Å². The second kappa shape index (κ2) is 8.43. The van der Waals surface area contributed by atoms with Crippen LogP contribution in [0.15, 0.2) is 24.5 Å². The highest BCUT2D eigenvalue weighted by Crippen LogP contribution is 2.23. The summed E-state index contributed by atoms with van der Waals surface area (Å²) in [5.41, 5.74) is 1.14. The fourth-order valence-corrected chi connectivity index (χ4v) is 3.31. The number of aromatic nitrogens is 1. The summed E-state index contributed by atoms with van der Waals surface area (Å²) in [4.78, 5) is 30.7. The monoisotopic (exact) mass is 344 g/mol. The molecule has 2 atom stereocenters. The van der Waals surface area contributed by atoms with Crippen molar-refractivity contribution in [2.45, 2.75) is 57.2 Å². The number of nitrogens with one attached hydrogen (secondary N) is 2. The van der Waals surface area contributed by atoms with Crippen molar-refractivity contribution in [3.63, 3.8) is 0 Å². The summed E-state index contributed by atoms with van der Waals surface area (Å²) in [7, 11) is 1.84. The molecule has 6 nitrogen and oxygen atoms in total. The van der Waals surface area contributed by atoms with Gasteiger partial charge in [-0.3, -0.25) is 14.6 Å². The van der Waals surface area contributed by atoms with Gasteiger partial charge in [0.15, 0.2) is 0 Å². The fourth-order valence-electron chi connectivity index (χ4n) is 3.31. The lowest BCUT2D eigenvalue weighted by atomic mass is 9.96. The van der Waals surface area contributed by atoms with E-state index in [4.69, 9.17) is 0 Å². The molecule has 25 heavy (non-hydrogen) atoms. The first-order valence-corrected chi connectivity index (χ1v) is 9.28. The number of amides is 2. The van der Waals surface area contributed by atoms with Crippen molar-refractivity contribution in [1.82, 2.24) is 20.5 Å². The molecule has 0 spiro atoms. The van der Waals surface area contributed by atoms with Crippen molar-refractivity contribution in [2.75, 3.05) is 13.6 Å². The van der Waals surface area contributed by atoms with E-state index in [1.54, 1.807) is 11.1 Å². The maximum Gasteiger partial charge on any atom is 0.223 e. The third-order valence-corrected chi connectivity index (χ3v) is 5.06. The van der Waals surface area contributed by atoms with Crippen molar-refractivity contribution in [1.29, 1.82) is 0 Å². The quantitative estimate of drug-likeness (QED) is 0.848. The third kappa shape index (κ3) is 5.53. The summed E-state index contributed by atoms with van der Waals surface area (Å²) in [5, 5.41) is 6.59. The summed E-state index contributed by atoms with van der Waals surface area (Å²) in [6.07, 6.45) is 8.80. The molecule has 3 rings (SSSR count). The summed E-state index contributed by atoms with van der Waals surface area (Å²) in [6.45, 7) is 1.42. The minimum atomic E-state index is -0.187. The molecule has 1 saturated carbocycles. The van der Waals surface area contributed by atoms with E-state index in [0.29, 0.717) is 19.0 Å². The Morgan fingerprint density at radius 2 is 2.12 bits per heavy atom. The number of hydrogen-bond acceptors (Lipinski definition) is 4. The van der Waals surface area contributed by atoms with E-state index in [-0.39, 0.29) is 23.8 Å². The van der Waals surface area contributed by atoms with E-state index in [1.165, 1.54) is 0 Å². The predicted octanol–water partition coefficient (Wildman–Crippen LogP) is 1.47. The van der Waals surface area contributed by atoms with Gasteiger partial charge in [-0.25, -0.2) is 0 Å². The van der Waals surface area contributed by atoms with Crippen LogP contribution in [0.2, 0.25) is 0 Å². The highest BCUT2D eigenvalue weighted by Gasteiger charge is 2.30. The van der Waals surface area contributed by atoms with Gasteiger partial charge in [-0.1, -0.05) is 12.5 Å². The van der Waals surface area contributed by atoms with Crippen LogP contribution in [0.4, 0.5) is 0 Å². The summed E-state index contributed by atoms with van der Waals surface area (Å²) < 4.78 is 0. The van der Waals surface area contributed by atoms with Crippen LogP contribution < -0.4 is 10.6 Å². The SMILES string of the molecule is CN1C[C@H](NCc2cccnc2)CCC[C@@H](C(=O)NC2CC2)CC1=O. The zero-order valence-corrected chi connectivity index (χ0v) is 14.9. The van der Waals surface area contributed by atoms with Crippen LogP contribution in [-0.2, 0) is 16.1 Å². The van der Waals surface area contributed by atoms with E-state index >= 15 is 0 Å². The Hall–Kier alpha value is -1.95. The molecule has 0 aromatic carbocycles. The Kier molecular flexibility index (Phi) is 6.02. The first-order chi connectivity index (χ1) is 12.1. The molecule has 2 aliphatic rings. The van der Waals surface area contributed by atoms with Crippen LogP contribution in [0, 0.1) is 5.92 Å². The van der Waals surface area contributed by atoms with Crippen molar-refractivity contribution in [2.24, 2.45) is 5.92 Å². The summed E-state index contributed by atoms with van der Waals surface area (Å²) >= 11 is 0. The molecule has 1 aliphatic heterocycles. The van der Waals surface area contributed by atoms with Gasteiger partial charge in [-0.15, -0.1) is 0 Å². The van der Waals surface area contributed by atoms with Gasteiger partial charge in [-0.05, 0) is 37.3 Å². The minimum absolute atomic E-state index is 0.0611. The van der Waals surface area contributed by atoms with Gasteiger partial charge in [-0.2, -0.15) is 0 Å². The second-order valence-corrected chi connectivity index (χ2v) is 7.33. The maximum atomic E-state index is 12.5. The number of hydrogen-bond donors (Lipinski definition) is 2. The Bertz CT molecular complexity index is 588. The molecule has 1 aromatic heterocycles. The zero-order valence-electron chi connectivity index (χ0n) is 14.9. The average molecular weight is 344 g/mol. The molecule has 136 valence electrons.